The molecule has 1 amide bonds. The average molecular weight is 248 g/mol. The largest absolute Gasteiger partial charge is 0.376 e. The number of amides is 1. The fourth-order valence-electron chi connectivity index (χ4n) is 2.41. The molecule has 0 radical (unpaired) electrons. The van der Waals surface area contributed by atoms with E-state index in [-0.39, 0.29) is 18.1 Å². The number of benzene rings is 1. The van der Waals surface area contributed by atoms with Crippen LogP contribution in [0.3, 0.4) is 0 Å². The van der Waals surface area contributed by atoms with Crippen molar-refractivity contribution in [2.45, 2.75) is 31.5 Å². The predicted octanol–water partition coefficient (Wildman–Crippen LogP) is 1.32. The highest BCUT2D eigenvalue weighted by atomic mass is 16.5. The van der Waals surface area contributed by atoms with Crippen molar-refractivity contribution in [2.24, 2.45) is 5.73 Å². The van der Waals surface area contributed by atoms with Crippen molar-refractivity contribution in [1.82, 2.24) is 4.90 Å². The van der Waals surface area contributed by atoms with Crippen molar-refractivity contribution in [3.63, 3.8) is 0 Å². The minimum Gasteiger partial charge on any atom is -0.376 e. The van der Waals surface area contributed by atoms with E-state index in [1.807, 2.05) is 37.3 Å². The van der Waals surface area contributed by atoms with Crippen LogP contribution in [0.15, 0.2) is 30.3 Å². The van der Waals surface area contributed by atoms with Gasteiger partial charge >= 0.3 is 0 Å². The van der Waals surface area contributed by atoms with E-state index in [2.05, 4.69) is 0 Å². The molecule has 0 spiro atoms. The summed E-state index contributed by atoms with van der Waals surface area (Å²) in [6.45, 7) is 2.71. The maximum atomic E-state index is 12.3. The Morgan fingerprint density at radius 1 is 1.44 bits per heavy atom. The van der Waals surface area contributed by atoms with Crippen LogP contribution in [0, 0.1) is 0 Å². The molecule has 3 atom stereocenters. The zero-order valence-electron chi connectivity index (χ0n) is 10.9. The molecule has 18 heavy (non-hydrogen) atoms. The molecule has 98 valence electrons. The third kappa shape index (κ3) is 2.54. The van der Waals surface area contributed by atoms with E-state index >= 15 is 0 Å². The van der Waals surface area contributed by atoms with Crippen molar-refractivity contribution in [1.29, 1.82) is 0 Å². The third-order valence-electron chi connectivity index (χ3n) is 3.61. The summed E-state index contributed by atoms with van der Waals surface area (Å²) in [5.41, 5.74) is 6.87. The number of hydrogen-bond acceptors (Lipinski definition) is 3. The lowest BCUT2D eigenvalue weighted by atomic mass is 10.0. The molecular weight excluding hydrogens is 228 g/mol. The average Bonchev–Trinajstić information content (AvgIpc) is 2.83. The minimum absolute atomic E-state index is 0.0523. The summed E-state index contributed by atoms with van der Waals surface area (Å²) in [4.78, 5) is 14.1. The molecule has 3 unspecified atom stereocenters. The Morgan fingerprint density at radius 2 is 2.11 bits per heavy atom. The lowest BCUT2D eigenvalue weighted by Gasteiger charge is -2.29. The number of rotatable bonds is 3. The van der Waals surface area contributed by atoms with Crippen LogP contribution in [-0.2, 0) is 9.53 Å². The molecule has 0 aromatic heterocycles. The molecule has 0 aliphatic carbocycles. The van der Waals surface area contributed by atoms with Gasteiger partial charge in [-0.2, -0.15) is 0 Å². The molecule has 2 N–H and O–H groups in total. The van der Waals surface area contributed by atoms with Gasteiger partial charge in [-0.25, -0.2) is 0 Å². The van der Waals surface area contributed by atoms with E-state index in [4.69, 9.17) is 10.5 Å². The van der Waals surface area contributed by atoms with Gasteiger partial charge in [-0.05, 0) is 18.9 Å². The molecular formula is C14H20N2O2. The number of ether oxygens (including phenoxy) is 1. The maximum absolute atomic E-state index is 12.3. The number of nitrogens with zero attached hydrogens (tertiary/aromatic N) is 1. The molecule has 1 aliphatic rings. The Hall–Kier alpha value is -1.39. The highest BCUT2D eigenvalue weighted by molar-refractivity contribution is 5.83. The van der Waals surface area contributed by atoms with Crippen LogP contribution >= 0.6 is 0 Å². The molecule has 4 nitrogen and oxygen atoms in total. The summed E-state index contributed by atoms with van der Waals surface area (Å²) in [5.74, 6) is -0.0523. The summed E-state index contributed by atoms with van der Waals surface area (Å²) in [7, 11) is 1.81. The normalized spacial score (nSPS) is 24.8. The fourth-order valence-corrected chi connectivity index (χ4v) is 2.41. The first kappa shape index (κ1) is 13.1. The minimum atomic E-state index is -0.594. The van der Waals surface area contributed by atoms with Crippen LogP contribution in [0.4, 0.5) is 0 Å². The summed E-state index contributed by atoms with van der Waals surface area (Å²) in [6, 6.07) is 9.00. The lowest BCUT2D eigenvalue weighted by molar-refractivity contribution is -0.134. The molecule has 1 heterocycles. The fraction of sp³-hybridized carbons (Fsp3) is 0.500. The van der Waals surface area contributed by atoms with Gasteiger partial charge in [0.25, 0.3) is 0 Å². The molecule has 0 saturated carbocycles. The van der Waals surface area contributed by atoms with Gasteiger partial charge in [0.15, 0.2) is 0 Å². The Balaban J connectivity index is 2.07. The van der Waals surface area contributed by atoms with Crippen LogP contribution in [0.2, 0.25) is 0 Å². The smallest absolute Gasteiger partial charge is 0.244 e. The highest BCUT2D eigenvalue weighted by Crippen LogP contribution is 2.21. The molecule has 4 heteroatoms. The maximum Gasteiger partial charge on any atom is 0.244 e. The van der Waals surface area contributed by atoms with E-state index < -0.39 is 6.04 Å². The molecule has 2 rings (SSSR count). The van der Waals surface area contributed by atoms with Crippen LogP contribution in [0.25, 0.3) is 0 Å². The second kappa shape index (κ2) is 5.50. The Labute approximate surface area is 108 Å². The topological polar surface area (TPSA) is 55.6 Å². The van der Waals surface area contributed by atoms with Crippen LogP contribution in [0.1, 0.15) is 24.9 Å². The first-order valence-electron chi connectivity index (χ1n) is 6.30. The SMILES string of the molecule is CC1OCCC1N(C)C(=O)C(N)c1ccccc1. The molecule has 0 bridgehead atoms. The van der Waals surface area contributed by atoms with Gasteiger partial charge in [0.05, 0.1) is 12.1 Å². The van der Waals surface area contributed by atoms with Gasteiger partial charge in [-0.1, -0.05) is 30.3 Å². The number of carbonyl (C=O) groups is 1. The monoisotopic (exact) mass is 248 g/mol. The molecule has 1 fully saturated rings. The number of hydrogen-bond donors (Lipinski definition) is 1. The van der Waals surface area contributed by atoms with Crippen LogP contribution in [-0.4, -0.2) is 36.6 Å². The van der Waals surface area contributed by atoms with Gasteiger partial charge in [-0.3, -0.25) is 4.79 Å². The highest BCUT2D eigenvalue weighted by Gasteiger charge is 2.32. The second-order valence-corrected chi connectivity index (χ2v) is 4.77. The third-order valence-corrected chi connectivity index (χ3v) is 3.61. The summed E-state index contributed by atoms with van der Waals surface area (Å²) < 4.78 is 5.49. The van der Waals surface area contributed by atoms with E-state index in [1.54, 1.807) is 11.9 Å². The zero-order chi connectivity index (χ0) is 13.1. The Morgan fingerprint density at radius 3 is 2.67 bits per heavy atom. The van der Waals surface area contributed by atoms with Crippen molar-refractivity contribution < 1.29 is 9.53 Å². The number of likely N-dealkylation sites (N-methyl/N-ethyl adjacent to an activating group) is 1. The number of carbonyl (C=O) groups excluding carboxylic acids is 1. The van der Waals surface area contributed by atoms with Crippen LogP contribution in [0.5, 0.6) is 0 Å². The first-order valence-corrected chi connectivity index (χ1v) is 6.30. The zero-order valence-corrected chi connectivity index (χ0v) is 10.9. The Bertz CT molecular complexity index is 408. The van der Waals surface area contributed by atoms with E-state index in [1.165, 1.54) is 0 Å². The van der Waals surface area contributed by atoms with E-state index in [0.717, 1.165) is 12.0 Å². The van der Waals surface area contributed by atoms with E-state index in [0.29, 0.717) is 6.61 Å². The van der Waals surface area contributed by atoms with Gasteiger partial charge in [0.2, 0.25) is 5.91 Å². The van der Waals surface area contributed by atoms with Gasteiger partial charge in [-0.15, -0.1) is 0 Å². The van der Waals surface area contributed by atoms with Crippen molar-refractivity contribution in [2.75, 3.05) is 13.7 Å². The predicted molar refractivity (Wildman–Crippen MR) is 70.0 cm³/mol. The summed E-state index contributed by atoms with van der Waals surface area (Å²) in [5, 5.41) is 0. The van der Waals surface area contributed by atoms with Gasteiger partial charge in [0, 0.05) is 13.7 Å². The second-order valence-electron chi connectivity index (χ2n) is 4.77. The summed E-state index contributed by atoms with van der Waals surface area (Å²) in [6.07, 6.45) is 0.965. The molecule has 1 saturated heterocycles. The summed E-state index contributed by atoms with van der Waals surface area (Å²) >= 11 is 0. The molecule has 1 aliphatic heterocycles. The molecule has 1 aromatic carbocycles. The van der Waals surface area contributed by atoms with Gasteiger partial charge in [0.1, 0.15) is 6.04 Å². The quantitative estimate of drug-likeness (QED) is 0.877. The van der Waals surface area contributed by atoms with Gasteiger partial charge < -0.3 is 15.4 Å². The molecule has 1 aromatic rings. The first-order chi connectivity index (χ1) is 8.61. The van der Waals surface area contributed by atoms with Crippen LogP contribution < -0.4 is 5.73 Å². The standard InChI is InChI=1S/C14H20N2O2/c1-10-12(8-9-18-10)16(2)14(17)13(15)11-6-4-3-5-7-11/h3-7,10,12-13H,8-9,15H2,1-2H3. The van der Waals surface area contributed by atoms with Crippen molar-refractivity contribution in [3.05, 3.63) is 35.9 Å². The number of nitrogens with two attached hydrogens (primary N) is 1. The van der Waals surface area contributed by atoms with Crippen molar-refractivity contribution in [3.8, 4) is 0 Å². The van der Waals surface area contributed by atoms with E-state index in [9.17, 15) is 4.79 Å². The lowest BCUT2D eigenvalue weighted by Crippen LogP contribution is -2.45. The van der Waals surface area contributed by atoms with Crippen molar-refractivity contribution >= 4 is 5.91 Å². The Kier molecular flexibility index (Phi) is 3.99.